The highest BCUT2D eigenvalue weighted by atomic mass is 35.5. The first-order valence-electron chi connectivity index (χ1n) is 2.46. The predicted molar refractivity (Wildman–Crippen MR) is 42.1 cm³/mol. The maximum absolute atomic E-state index is 5.48. The maximum atomic E-state index is 5.48. The Bertz CT molecular complexity index is 178. The Hall–Kier alpha value is -0.380. The molecule has 1 heterocycles. The normalized spacial score (nSPS) is 11.8. The number of halogens is 2. The predicted octanol–water partition coefficient (Wildman–Crippen LogP) is 1.09. The molecule has 0 saturated carbocycles. The van der Waals surface area contributed by atoms with E-state index in [9.17, 15) is 0 Å². The third kappa shape index (κ3) is 2.47. The van der Waals surface area contributed by atoms with Crippen molar-refractivity contribution in [3.8, 4) is 0 Å². The molecule has 5 heteroatoms. The van der Waals surface area contributed by atoms with Crippen LogP contribution in [0.15, 0.2) is 18.6 Å². The molecule has 0 radical (unpaired) electrons. The summed E-state index contributed by atoms with van der Waals surface area (Å²) in [5.41, 5.74) is 5.33. The molecule has 0 spiro atoms. The van der Waals surface area contributed by atoms with Crippen LogP contribution in [0.25, 0.3) is 0 Å². The van der Waals surface area contributed by atoms with Gasteiger partial charge in [-0.25, -0.2) is 0 Å². The van der Waals surface area contributed by atoms with E-state index >= 15 is 0 Å². The van der Waals surface area contributed by atoms with Crippen molar-refractivity contribution >= 4 is 24.0 Å². The largest absolute Gasteiger partial charge is 0.310 e. The molecule has 1 unspecified atom stereocenters. The molecular formula is C5H7Cl2N3. The van der Waals surface area contributed by atoms with Gasteiger partial charge in [0.1, 0.15) is 5.50 Å². The fourth-order valence-corrected chi connectivity index (χ4v) is 0.566. The van der Waals surface area contributed by atoms with Crippen LogP contribution in [0.4, 0.5) is 0 Å². The summed E-state index contributed by atoms with van der Waals surface area (Å²) in [6, 6.07) is 0. The van der Waals surface area contributed by atoms with E-state index in [0.29, 0.717) is 5.69 Å². The van der Waals surface area contributed by atoms with Crippen LogP contribution in [-0.2, 0) is 0 Å². The van der Waals surface area contributed by atoms with Crippen molar-refractivity contribution in [3.05, 3.63) is 24.3 Å². The molecule has 56 valence electrons. The van der Waals surface area contributed by atoms with Crippen LogP contribution in [0, 0.1) is 0 Å². The van der Waals surface area contributed by atoms with Gasteiger partial charge in [0.2, 0.25) is 0 Å². The summed E-state index contributed by atoms with van der Waals surface area (Å²) < 4.78 is 0. The number of hydrogen-bond donors (Lipinski definition) is 1. The minimum absolute atomic E-state index is 0. The molecule has 0 fully saturated rings. The van der Waals surface area contributed by atoms with E-state index < -0.39 is 5.50 Å². The van der Waals surface area contributed by atoms with E-state index in [1.54, 1.807) is 12.4 Å². The Kier molecular flexibility index (Phi) is 4.27. The molecule has 1 atom stereocenters. The lowest BCUT2D eigenvalue weighted by Gasteiger charge is -1.97. The monoisotopic (exact) mass is 179 g/mol. The van der Waals surface area contributed by atoms with Crippen molar-refractivity contribution in [1.29, 1.82) is 0 Å². The van der Waals surface area contributed by atoms with Gasteiger partial charge in [-0.3, -0.25) is 9.97 Å². The fourth-order valence-electron chi connectivity index (χ4n) is 0.453. The molecule has 0 amide bonds. The summed E-state index contributed by atoms with van der Waals surface area (Å²) in [4.78, 5) is 7.64. The number of nitrogens with two attached hydrogens (primary N) is 1. The lowest BCUT2D eigenvalue weighted by Crippen LogP contribution is -2.04. The van der Waals surface area contributed by atoms with Crippen molar-refractivity contribution in [3.63, 3.8) is 0 Å². The van der Waals surface area contributed by atoms with E-state index in [4.69, 9.17) is 17.3 Å². The van der Waals surface area contributed by atoms with E-state index in [2.05, 4.69) is 9.97 Å². The summed E-state index contributed by atoms with van der Waals surface area (Å²) in [6.45, 7) is 0. The van der Waals surface area contributed by atoms with Crippen molar-refractivity contribution in [2.24, 2.45) is 5.73 Å². The van der Waals surface area contributed by atoms with Crippen molar-refractivity contribution < 1.29 is 0 Å². The summed E-state index contributed by atoms with van der Waals surface area (Å²) in [5, 5.41) is 0. The zero-order valence-corrected chi connectivity index (χ0v) is 6.64. The van der Waals surface area contributed by atoms with Crippen molar-refractivity contribution in [2.45, 2.75) is 5.50 Å². The summed E-state index contributed by atoms with van der Waals surface area (Å²) in [7, 11) is 0. The molecule has 0 bridgehead atoms. The van der Waals surface area contributed by atoms with Crippen LogP contribution in [0.1, 0.15) is 11.2 Å². The van der Waals surface area contributed by atoms with Crippen molar-refractivity contribution in [2.75, 3.05) is 0 Å². The molecule has 1 aromatic rings. The Labute approximate surface area is 70.0 Å². The van der Waals surface area contributed by atoms with Crippen LogP contribution < -0.4 is 5.73 Å². The lowest BCUT2D eigenvalue weighted by molar-refractivity contribution is 0.928. The van der Waals surface area contributed by atoms with Gasteiger partial charge in [-0.1, -0.05) is 11.6 Å². The van der Waals surface area contributed by atoms with E-state index in [-0.39, 0.29) is 12.4 Å². The Morgan fingerprint density at radius 2 is 2.20 bits per heavy atom. The Balaban J connectivity index is 0.000000810. The molecule has 0 aliphatic rings. The van der Waals surface area contributed by atoms with Gasteiger partial charge in [-0.2, -0.15) is 0 Å². The molecule has 0 saturated heterocycles. The molecule has 0 aliphatic heterocycles. The highest BCUT2D eigenvalue weighted by Gasteiger charge is 1.99. The average molecular weight is 180 g/mol. The van der Waals surface area contributed by atoms with Gasteiger partial charge in [0.05, 0.1) is 11.9 Å². The van der Waals surface area contributed by atoms with Gasteiger partial charge in [0, 0.05) is 12.4 Å². The van der Waals surface area contributed by atoms with Gasteiger partial charge in [-0.05, 0) is 0 Å². The standard InChI is InChI=1S/C5H6ClN3.ClH/c6-5(7)4-3-8-1-2-9-4;/h1-3,5H,7H2;1H. The highest BCUT2D eigenvalue weighted by molar-refractivity contribution is 6.20. The van der Waals surface area contributed by atoms with Crippen LogP contribution in [-0.4, -0.2) is 9.97 Å². The number of aromatic nitrogens is 2. The molecule has 0 aromatic carbocycles. The minimum Gasteiger partial charge on any atom is -0.310 e. The van der Waals surface area contributed by atoms with Crippen molar-refractivity contribution in [1.82, 2.24) is 9.97 Å². The average Bonchev–Trinajstić information content (AvgIpc) is 1.90. The molecule has 1 aromatic heterocycles. The van der Waals surface area contributed by atoms with Gasteiger partial charge in [0.15, 0.2) is 0 Å². The summed E-state index contributed by atoms with van der Waals surface area (Å²) in [5.74, 6) is 0. The Morgan fingerprint density at radius 3 is 2.50 bits per heavy atom. The van der Waals surface area contributed by atoms with E-state index in [1.165, 1.54) is 6.20 Å². The molecule has 2 N–H and O–H groups in total. The first-order valence-corrected chi connectivity index (χ1v) is 2.90. The third-order valence-electron chi connectivity index (χ3n) is 0.866. The van der Waals surface area contributed by atoms with Gasteiger partial charge >= 0.3 is 0 Å². The topological polar surface area (TPSA) is 51.8 Å². The maximum Gasteiger partial charge on any atom is 0.124 e. The number of hydrogen-bond acceptors (Lipinski definition) is 3. The molecule has 1 rings (SSSR count). The molecular weight excluding hydrogens is 173 g/mol. The molecule has 0 aliphatic carbocycles. The van der Waals surface area contributed by atoms with E-state index in [0.717, 1.165) is 0 Å². The first-order chi connectivity index (χ1) is 4.30. The van der Waals surface area contributed by atoms with Gasteiger partial charge < -0.3 is 5.73 Å². The van der Waals surface area contributed by atoms with Crippen LogP contribution in [0.2, 0.25) is 0 Å². The first kappa shape index (κ1) is 9.62. The van der Waals surface area contributed by atoms with Gasteiger partial charge in [0.25, 0.3) is 0 Å². The van der Waals surface area contributed by atoms with Crippen LogP contribution in [0.3, 0.4) is 0 Å². The number of alkyl halides is 1. The number of nitrogens with zero attached hydrogens (tertiary/aromatic N) is 2. The van der Waals surface area contributed by atoms with Crippen LogP contribution in [0.5, 0.6) is 0 Å². The second-order valence-corrected chi connectivity index (χ2v) is 2.00. The summed E-state index contributed by atoms with van der Waals surface area (Å²) >= 11 is 5.48. The molecule has 10 heavy (non-hydrogen) atoms. The highest BCUT2D eigenvalue weighted by Crippen LogP contribution is 2.07. The quantitative estimate of drug-likeness (QED) is 0.519. The fraction of sp³-hybridized carbons (Fsp3) is 0.200. The lowest BCUT2D eigenvalue weighted by atomic mass is 10.5. The summed E-state index contributed by atoms with van der Waals surface area (Å²) in [6.07, 6.45) is 4.66. The second kappa shape index (κ2) is 4.44. The van der Waals surface area contributed by atoms with E-state index in [1.807, 2.05) is 0 Å². The minimum atomic E-state index is -0.543. The SMILES string of the molecule is Cl.NC(Cl)c1cnccn1. The smallest absolute Gasteiger partial charge is 0.124 e. The second-order valence-electron chi connectivity index (χ2n) is 1.53. The zero-order valence-electron chi connectivity index (χ0n) is 5.07. The zero-order chi connectivity index (χ0) is 6.69. The third-order valence-corrected chi connectivity index (χ3v) is 1.09. The number of rotatable bonds is 1. The Morgan fingerprint density at radius 1 is 1.50 bits per heavy atom. The van der Waals surface area contributed by atoms with Crippen LogP contribution >= 0.6 is 24.0 Å². The van der Waals surface area contributed by atoms with Gasteiger partial charge in [-0.15, -0.1) is 12.4 Å². The molecule has 3 nitrogen and oxygen atoms in total.